The number of fused-ring (bicyclic) bond motifs is 4. The Labute approximate surface area is 373 Å². The molecule has 0 unspecified atom stereocenters. The van der Waals surface area contributed by atoms with Crippen molar-refractivity contribution in [1.82, 2.24) is 4.90 Å². The fourth-order valence-electron chi connectivity index (χ4n) is 10.1. The van der Waals surface area contributed by atoms with Crippen molar-refractivity contribution in [3.63, 3.8) is 0 Å². The maximum atomic E-state index is 15.0. The predicted octanol–water partition coefficient (Wildman–Crippen LogP) is 5.46. The molecule has 1 spiro atoms. The fraction of sp³-hybridized carbons (Fsp3) is 0.792. The molecule has 4 aliphatic heterocycles. The lowest BCUT2D eigenvalue weighted by molar-refractivity contribution is -0.302. The zero-order valence-corrected chi connectivity index (χ0v) is 39.0. The molecule has 15 heteroatoms. The zero-order chi connectivity index (χ0) is 46.2. The number of aliphatic imine (C=N–C) groups is 1. The van der Waals surface area contributed by atoms with Crippen LogP contribution >= 0.6 is 0 Å². The Kier molecular flexibility index (Phi) is 17.9. The van der Waals surface area contributed by atoms with Crippen molar-refractivity contribution in [3.8, 4) is 0 Å². The van der Waals surface area contributed by atoms with Crippen LogP contribution < -0.4 is 0 Å². The lowest BCUT2D eigenvalue weighted by atomic mass is 9.82. The molecule has 0 aromatic heterocycles. The van der Waals surface area contributed by atoms with Gasteiger partial charge in [0.2, 0.25) is 11.4 Å². The minimum atomic E-state index is -2.57. The van der Waals surface area contributed by atoms with Gasteiger partial charge in [0.25, 0.3) is 11.7 Å². The summed E-state index contributed by atoms with van der Waals surface area (Å²) in [4.78, 5) is 76.7. The van der Waals surface area contributed by atoms with E-state index in [1.807, 2.05) is 46.8 Å². The van der Waals surface area contributed by atoms with Gasteiger partial charge >= 0.3 is 11.9 Å². The van der Waals surface area contributed by atoms with E-state index in [1.165, 1.54) is 20.4 Å². The van der Waals surface area contributed by atoms with Crippen LogP contribution in [0.5, 0.6) is 0 Å². The summed E-state index contributed by atoms with van der Waals surface area (Å²) in [7, 11) is 3.05. The number of rotatable bonds is 9. The molecule has 0 aromatic rings. The van der Waals surface area contributed by atoms with Crippen molar-refractivity contribution < 1.29 is 62.6 Å². The molecule has 5 rings (SSSR count). The van der Waals surface area contributed by atoms with Crippen LogP contribution in [0.3, 0.4) is 0 Å². The van der Waals surface area contributed by atoms with Gasteiger partial charge in [-0.3, -0.25) is 19.4 Å². The molecular formula is C48H74N2O13. The quantitative estimate of drug-likeness (QED) is 0.168. The van der Waals surface area contributed by atoms with E-state index in [-0.39, 0.29) is 74.4 Å². The van der Waals surface area contributed by atoms with Gasteiger partial charge in [-0.15, -0.1) is 0 Å². The third kappa shape index (κ3) is 12.1. The molecule has 3 fully saturated rings. The number of carbonyl (C=O) groups excluding carboxylic acids is 5. The van der Waals surface area contributed by atoms with Gasteiger partial charge in [-0.1, -0.05) is 52.3 Å². The van der Waals surface area contributed by atoms with Crippen LogP contribution in [0.25, 0.3) is 0 Å². The number of amides is 1. The van der Waals surface area contributed by atoms with E-state index < -0.39 is 77.4 Å². The highest BCUT2D eigenvalue weighted by atomic mass is 16.7. The Morgan fingerprint density at radius 2 is 1.70 bits per heavy atom. The van der Waals surface area contributed by atoms with Crippen LogP contribution in [0.1, 0.15) is 126 Å². The number of allylic oxidation sites excluding steroid dienone is 3. The normalized spacial score (nSPS) is 39.4. The maximum absolute atomic E-state index is 15.0. The highest BCUT2D eigenvalue weighted by Crippen LogP contribution is 2.41. The highest BCUT2D eigenvalue weighted by Gasteiger charge is 2.59. The van der Waals surface area contributed by atoms with Crippen molar-refractivity contribution in [2.75, 3.05) is 34.0 Å². The SMILES string of the molecule is CO[C@H]1C[C@@H](C)C/C(C)=C/[C@H]2C/C=N\[C@]3(CCCCN3C(=O)C(=O)[C@]3(O)O[C@H]1[C@@H](OC)C[C@H]3C)C(=O)O[C@H](/C(C)=C/C1CCC(OCC(=O)OCC(C)C)CC1)[C@H](C)[C@@H](O)CC2=O. The van der Waals surface area contributed by atoms with Crippen molar-refractivity contribution >= 4 is 35.6 Å². The summed E-state index contributed by atoms with van der Waals surface area (Å²) in [6, 6.07) is 0. The van der Waals surface area contributed by atoms with E-state index in [2.05, 4.69) is 0 Å². The smallest absolute Gasteiger partial charge is 0.355 e. The van der Waals surface area contributed by atoms with Crippen molar-refractivity contribution in [2.45, 2.75) is 174 Å². The molecule has 2 N–H and O–H groups in total. The van der Waals surface area contributed by atoms with E-state index in [0.29, 0.717) is 50.7 Å². The lowest BCUT2D eigenvalue weighted by Crippen LogP contribution is -2.67. The number of aliphatic hydroxyl groups is 2. The third-order valence-electron chi connectivity index (χ3n) is 13.9. The number of hydrogen-bond acceptors (Lipinski definition) is 14. The van der Waals surface area contributed by atoms with E-state index >= 15 is 4.79 Å². The topological polar surface area (TPSA) is 197 Å². The van der Waals surface area contributed by atoms with Gasteiger partial charge < -0.3 is 43.5 Å². The Morgan fingerprint density at radius 3 is 2.37 bits per heavy atom. The number of Topliss-reactive ketones (excluding diaryl/α,β-unsaturated/α-hetero) is 2. The number of methoxy groups -OCH3 is 2. The fourth-order valence-corrected chi connectivity index (χ4v) is 10.1. The molecule has 1 amide bonds. The predicted molar refractivity (Wildman–Crippen MR) is 233 cm³/mol. The highest BCUT2D eigenvalue weighted by molar-refractivity contribution is 6.39. The summed E-state index contributed by atoms with van der Waals surface area (Å²) >= 11 is 0. The van der Waals surface area contributed by atoms with E-state index in [0.717, 1.165) is 23.3 Å². The molecule has 15 nitrogen and oxygen atoms in total. The first-order valence-electron chi connectivity index (χ1n) is 23.2. The number of hydrogen-bond donors (Lipinski definition) is 2. The summed E-state index contributed by atoms with van der Waals surface area (Å²) in [5.41, 5.74) is -0.427. The average molecular weight is 887 g/mol. The first kappa shape index (κ1) is 50.7. The van der Waals surface area contributed by atoms with Gasteiger partial charge in [-0.05, 0) is 101 Å². The summed E-state index contributed by atoms with van der Waals surface area (Å²) in [6.45, 7) is 13.3. The number of carbonyl (C=O) groups is 5. The van der Waals surface area contributed by atoms with Gasteiger partial charge in [0.05, 0.1) is 31.0 Å². The molecule has 4 bridgehead atoms. The van der Waals surface area contributed by atoms with Gasteiger partial charge in [-0.2, -0.15) is 0 Å². The Balaban J connectivity index is 1.52. The number of aliphatic hydroxyl groups excluding tert-OH is 1. The summed E-state index contributed by atoms with van der Waals surface area (Å²) in [5.74, 6) is -8.44. The number of esters is 2. The zero-order valence-electron chi connectivity index (χ0n) is 39.0. The van der Waals surface area contributed by atoms with E-state index in [9.17, 15) is 29.4 Å². The maximum Gasteiger partial charge on any atom is 0.355 e. The summed E-state index contributed by atoms with van der Waals surface area (Å²) in [5, 5.41) is 24.0. The summed E-state index contributed by atoms with van der Waals surface area (Å²) < 4.78 is 35.6. The van der Waals surface area contributed by atoms with Crippen molar-refractivity contribution in [1.29, 1.82) is 0 Å². The van der Waals surface area contributed by atoms with Gasteiger partial charge in [0, 0.05) is 57.6 Å². The Bertz CT molecular complexity index is 1720. The van der Waals surface area contributed by atoms with E-state index in [4.69, 9.17) is 33.4 Å². The minimum Gasteiger partial charge on any atom is -0.464 e. The molecule has 11 atom stereocenters. The number of ether oxygens (including phenoxy) is 6. The molecular weight excluding hydrogens is 813 g/mol. The third-order valence-corrected chi connectivity index (χ3v) is 13.9. The summed E-state index contributed by atoms with van der Waals surface area (Å²) in [6.07, 6.45) is 5.89. The Morgan fingerprint density at radius 1 is 1.02 bits per heavy atom. The average Bonchev–Trinajstić information content (AvgIpc) is 3.25. The largest absolute Gasteiger partial charge is 0.464 e. The number of cyclic esters (lactones) is 1. The number of nitrogens with zero attached hydrogens (tertiary/aromatic N) is 2. The second-order valence-corrected chi connectivity index (χ2v) is 19.5. The monoisotopic (exact) mass is 887 g/mol. The van der Waals surface area contributed by atoms with Crippen LogP contribution in [0.4, 0.5) is 0 Å². The van der Waals surface area contributed by atoms with Gasteiger partial charge in [-0.25, -0.2) is 9.59 Å². The molecule has 0 aromatic carbocycles. The lowest BCUT2D eigenvalue weighted by Gasteiger charge is -2.48. The second kappa shape index (κ2) is 22.2. The first-order valence-corrected chi connectivity index (χ1v) is 23.2. The Hall–Kier alpha value is -3.34. The van der Waals surface area contributed by atoms with Crippen molar-refractivity contribution in [3.05, 3.63) is 23.3 Å². The molecule has 1 saturated carbocycles. The molecule has 4 heterocycles. The first-order chi connectivity index (χ1) is 29.8. The molecule has 63 heavy (non-hydrogen) atoms. The molecule has 2 saturated heterocycles. The van der Waals surface area contributed by atoms with Gasteiger partial charge in [0.15, 0.2) is 0 Å². The van der Waals surface area contributed by atoms with Crippen LogP contribution in [-0.4, -0.2) is 133 Å². The number of piperidine rings is 1. The second-order valence-electron chi connectivity index (χ2n) is 19.5. The molecule has 0 radical (unpaired) electrons. The molecule has 5 aliphatic rings. The molecule has 354 valence electrons. The van der Waals surface area contributed by atoms with E-state index in [1.54, 1.807) is 13.8 Å². The van der Waals surface area contributed by atoms with Crippen molar-refractivity contribution in [2.24, 2.45) is 40.5 Å². The van der Waals surface area contributed by atoms with Crippen LogP contribution in [0.15, 0.2) is 28.3 Å². The molecule has 1 aliphatic carbocycles. The minimum absolute atomic E-state index is 0.00290. The number of ketones is 2. The van der Waals surface area contributed by atoms with Crippen LogP contribution in [-0.2, 0) is 52.4 Å². The van der Waals surface area contributed by atoms with Crippen LogP contribution in [0, 0.1) is 35.5 Å². The standard InChI is InChI=1S/C48H74N2O13/c1-28(2)26-61-41(53)27-60-36-14-12-34(13-15-36)23-31(5)42-33(7)37(51)25-38(52)35-16-18-49-47(46(56)62-42)17-10-11-19-50(47)45(55)44(54)48(57)32(6)24-40(59-9)43(63-48)39(58-8)22-30(4)20-29(3)21-35/h18,21,23,28,30,32-37,39-40,42-43,51,57H,10-17,19-20,22,24-27H2,1-9H3/b29-21+,31-23+,49-18-/t30-,32+,33+,34?,35+,36?,37-,39-,40-,42+,43+,47-,48+/m0/s1. The van der Waals surface area contributed by atoms with Crippen LogP contribution in [0.2, 0.25) is 0 Å². The van der Waals surface area contributed by atoms with Gasteiger partial charge in [0.1, 0.15) is 24.6 Å².